The highest BCUT2D eigenvalue weighted by atomic mass is 16.5. The summed E-state index contributed by atoms with van der Waals surface area (Å²) in [6.45, 7) is 12.2. The van der Waals surface area contributed by atoms with E-state index in [4.69, 9.17) is 4.74 Å². The predicted molar refractivity (Wildman–Crippen MR) is 97.6 cm³/mol. The maximum Gasteiger partial charge on any atom is 0.260 e. The van der Waals surface area contributed by atoms with Crippen molar-refractivity contribution in [2.24, 2.45) is 0 Å². The summed E-state index contributed by atoms with van der Waals surface area (Å²) in [5.74, 6) is 0.699. The van der Waals surface area contributed by atoms with Gasteiger partial charge in [-0.3, -0.25) is 4.79 Å². The van der Waals surface area contributed by atoms with Gasteiger partial charge in [0.2, 0.25) is 0 Å². The number of ether oxygens (including phenoxy) is 1. The van der Waals surface area contributed by atoms with E-state index in [1.807, 2.05) is 25.1 Å². The number of amides is 1. The maximum absolute atomic E-state index is 12.1. The first-order chi connectivity index (χ1) is 11.5. The SMILES string of the molecule is Cc1ccc(OC(C)C(=O)NCCCN2CCN(C)CC2)cc1C. The van der Waals surface area contributed by atoms with Crippen molar-refractivity contribution >= 4 is 5.91 Å². The number of rotatable bonds is 7. The van der Waals surface area contributed by atoms with Gasteiger partial charge in [-0.25, -0.2) is 0 Å². The zero-order valence-corrected chi connectivity index (χ0v) is 15.5. The molecule has 1 amide bonds. The molecule has 1 aromatic rings. The van der Waals surface area contributed by atoms with Crippen molar-refractivity contribution in [1.29, 1.82) is 0 Å². The second kappa shape index (κ2) is 9.04. The minimum atomic E-state index is -0.476. The molecule has 1 aromatic carbocycles. The number of likely N-dealkylation sites (N-methyl/N-ethyl adjacent to an activating group) is 1. The molecule has 5 nitrogen and oxygen atoms in total. The van der Waals surface area contributed by atoms with E-state index in [1.54, 1.807) is 6.92 Å². The van der Waals surface area contributed by atoms with Crippen molar-refractivity contribution in [1.82, 2.24) is 15.1 Å². The number of carbonyl (C=O) groups is 1. The van der Waals surface area contributed by atoms with E-state index in [2.05, 4.69) is 29.1 Å². The van der Waals surface area contributed by atoms with Crippen LogP contribution in [0.15, 0.2) is 18.2 Å². The van der Waals surface area contributed by atoms with E-state index in [0.717, 1.165) is 44.9 Å². The molecule has 5 heteroatoms. The second-order valence-electron chi connectivity index (χ2n) is 6.80. The summed E-state index contributed by atoms with van der Waals surface area (Å²) in [5, 5.41) is 2.98. The molecule has 1 unspecified atom stereocenters. The average Bonchev–Trinajstić information content (AvgIpc) is 2.56. The molecule has 134 valence electrons. The highest BCUT2D eigenvalue weighted by molar-refractivity contribution is 5.80. The van der Waals surface area contributed by atoms with Crippen LogP contribution < -0.4 is 10.1 Å². The van der Waals surface area contributed by atoms with Crippen molar-refractivity contribution in [3.8, 4) is 5.75 Å². The van der Waals surface area contributed by atoms with Gasteiger partial charge in [0.15, 0.2) is 6.10 Å². The molecular formula is C19H31N3O2. The highest BCUT2D eigenvalue weighted by Crippen LogP contribution is 2.17. The number of benzene rings is 1. The number of piperazine rings is 1. The molecule has 0 radical (unpaired) electrons. The van der Waals surface area contributed by atoms with Crippen LogP contribution in [0.3, 0.4) is 0 Å². The fraction of sp³-hybridized carbons (Fsp3) is 0.632. The van der Waals surface area contributed by atoms with Crippen molar-refractivity contribution in [3.63, 3.8) is 0 Å². The van der Waals surface area contributed by atoms with Gasteiger partial charge in [0.05, 0.1) is 0 Å². The lowest BCUT2D eigenvalue weighted by molar-refractivity contribution is -0.127. The topological polar surface area (TPSA) is 44.8 Å². The zero-order valence-electron chi connectivity index (χ0n) is 15.5. The fourth-order valence-corrected chi connectivity index (χ4v) is 2.77. The Morgan fingerprint density at radius 3 is 2.58 bits per heavy atom. The van der Waals surface area contributed by atoms with Gasteiger partial charge in [-0.2, -0.15) is 0 Å². The number of aryl methyl sites for hydroxylation is 2. The summed E-state index contributed by atoms with van der Waals surface area (Å²) in [6.07, 6.45) is 0.502. The van der Waals surface area contributed by atoms with Crippen molar-refractivity contribution in [2.75, 3.05) is 46.3 Å². The van der Waals surface area contributed by atoms with Crippen LogP contribution in [0.5, 0.6) is 5.75 Å². The summed E-state index contributed by atoms with van der Waals surface area (Å²) >= 11 is 0. The Balaban J connectivity index is 1.65. The first-order valence-electron chi connectivity index (χ1n) is 8.88. The molecule has 1 saturated heterocycles. The molecule has 0 bridgehead atoms. The van der Waals surface area contributed by atoms with Crippen LogP contribution in [0.25, 0.3) is 0 Å². The third-order valence-electron chi connectivity index (χ3n) is 4.71. The van der Waals surface area contributed by atoms with Gasteiger partial charge in [-0.15, -0.1) is 0 Å². The van der Waals surface area contributed by atoms with Gasteiger partial charge in [-0.1, -0.05) is 6.07 Å². The largest absolute Gasteiger partial charge is 0.481 e. The molecule has 0 aromatic heterocycles. The molecule has 1 atom stereocenters. The lowest BCUT2D eigenvalue weighted by Crippen LogP contribution is -2.45. The molecule has 0 aliphatic carbocycles. The number of carbonyl (C=O) groups excluding carboxylic acids is 1. The minimum absolute atomic E-state index is 0.0494. The van der Waals surface area contributed by atoms with Crippen LogP contribution in [0.4, 0.5) is 0 Å². The fourth-order valence-electron chi connectivity index (χ4n) is 2.77. The van der Waals surface area contributed by atoms with E-state index in [9.17, 15) is 4.79 Å². The van der Waals surface area contributed by atoms with Crippen LogP contribution in [-0.4, -0.2) is 68.1 Å². The van der Waals surface area contributed by atoms with Crippen LogP contribution in [0, 0.1) is 13.8 Å². The third kappa shape index (κ3) is 5.80. The summed E-state index contributed by atoms with van der Waals surface area (Å²) in [5.41, 5.74) is 2.40. The standard InChI is InChI=1S/C19H31N3O2/c1-15-6-7-18(14-16(15)2)24-17(3)19(23)20-8-5-9-22-12-10-21(4)11-13-22/h6-7,14,17H,5,8-13H2,1-4H3,(H,20,23). The molecule has 0 saturated carbocycles. The van der Waals surface area contributed by atoms with Gasteiger partial charge in [0.1, 0.15) is 5.75 Å². The summed E-state index contributed by atoms with van der Waals surface area (Å²) in [7, 11) is 2.16. The van der Waals surface area contributed by atoms with Crippen LogP contribution in [0.1, 0.15) is 24.5 Å². The van der Waals surface area contributed by atoms with Gasteiger partial charge in [-0.05, 0) is 64.0 Å². The van der Waals surface area contributed by atoms with Crippen LogP contribution in [-0.2, 0) is 4.79 Å². The Morgan fingerprint density at radius 2 is 1.92 bits per heavy atom. The maximum atomic E-state index is 12.1. The monoisotopic (exact) mass is 333 g/mol. The highest BCUT2D eigenvalue weighted by Gasteiger charge is 2.16. The van der Waals surface area contributed by atoms with Crippen LogP contribution >= 0.6 is 0 Å². The number of hydrogen-bond acceptors (Lipinski definition) is 4. The Kier molecular flexibility index (Phi) is 7.06. The number of hydrogen-bond donors (Lipinski definition) is 1. The normalized spacial score (nSPS) is 17.5. The van der Waals surface area contributed by atoms with E-state index in [-0.39, 0.29) is 5.91 Å². The summed E-state index contributed by atoms with van der Waals surface area (Å²) in [6, 6.07) is 5.91. The van der Waals surface area contributed by atoms with Gasteiger partial charge in [0, 0.05) is 32.7 Å². The first kappa shape index (κ1) is 18.7. The molecule has 2 rings (SSSR count). The minimum Gasteiger partial charge on any atom is -0.481 e. The van der Waals surface area contributed by atoms with E-state index >= 15 is 0 Å². The Labute approximate surface area is 146 Å². The number of nitrogens with one attached hydrogen (secondary N) is 1. The lowest BCUT2D eigenvalue weighted by atomic mass is 10.1. The Hall–Kier alpha value is -1.59. The van der Waals surface area contributed by atoms with Gasteiger partial charge < -0.3 is 19.9 Å². The second-order valence-corrected chi connectivity index (χ2v) is 6.80. The smallest absolute Gasteiger partial charge is 0.260 e. The van der Waals surface area contributed by atoms with E-state index < -0.39 is 6.10 Å². The average molecular weight is 333 g/mol. The third-order valence-corrected chi connectivity index (χ3v) is 4.71. The van der Waals surface area contributed by atoms with E-state index in [1.165, 1.54) is 11.1 Å². The molecule has 0 spiro atoms. The van der Waals surface area contributed by atoms with Crippen LogP contribution in [0.2, 0.25) is 0 Å². The Bertz CT molecular complexity index is 539. The van der Waals surface area contributed by atoms with Gasteiger partial charge >= 0.3 is 0 Å². The molecule has 1 fully saturated rings. The van der Waals surface area contributed by atoms with Crippen molar-refractivity contribution < 1.29 is 9.53 Å². The molecule has 1 heterocycles. The quantitative estimate of drug-likeness (QED) is 0.773. The molecule has 1 N–H and O–H groups in total. The molecule has 24 heavy (non-hydrogen) atoms. The predicted octanol–water partition coefficient (Wildman–Crippen LogP) is 1.82. The first-order valence-corrected chi connectivity index (χ1v) is 8.88. The Morgan fingerprint density at radius 1 is 1.21 bits per heavy atom. The van der Waals surface area contributed by atoms with E-state index in [0.29, 0.717) is 6.54 Å². The molecule has 1 aliphatic heterocycles. The summed E-state index contributed by atoms with van der Waals surface area (Å²) in [4.78, 5) is 16.9. The number of nitrogens with zero attached hydrogens (tertiary/aromatic N) is 2. The van der Waals surface area contributed by atoms with Crippen molar-refractivity contribution in [3.05, 3.63) is 29.3 Å². The molecular weight excluding hydrogens is 302 g/mol. The van der Waals surface area contributed by atoms with Gasteiger partial charge in [0.25, 0.3) is 5.91 Å². The zero-order chi connectivity index (χ0) is 17.5. The van der Waals surface area contributed by atoms with Crippen molar-refractivity contribution in [2.45, 2.75) is 33.3 Å². The molecule has 1 aliphatic rings. The lowest BCUT2D eigenvalue weighted by Gasteiger charge is -2.32. The summed E-state index contributed by atoms with van der Waals surface area (Å²) < 4.78 is 5.74.